The molecule has 4 rings (SSSR count). The molecule has 0 saturated heterocycles. The Hall–Kier alpha value is -2.76. The van der Waals surface area contributed by atoms with E-state index >= 15 is 0 Å². The number of carbonyl (C=O) groups is 1. The molecule has 0 aliphatic heterocycles. The number of rotatable bonds is 5. The summed E-state index contributed by atoms with van der Waals surface area (Å²) in [5.74, 6) is 0.115. The molecule has 1 unspecified atom stereocenters. The molecule has 0 aliphatic rings. The Bertz CT molecular complexity index is 1150. The highest BCUT2D eigenvalue weighted by atomic mass is 35.5. The molecule has 2 N–H and O–H groups in total. The Balaban J connectivity index is 1.70. The zero-order chi connectivity index (χ0) is 19.7. The Morgan fingerprint density at radius 1 is 1.18 bits per heavy atom. The molecule has 0 fully saturated rings. The van der Waals surface area contributed by atoms with Gasteiger partial charge in [0.05, 0.1) is 0 Å². The van der Waals surface area contributed by atoms with Crippen molar-refractivity contribution in [3.05, 3.63) is 87.4 Å². The second-order valence-electron chi connectivity index (χ2n) is 6.54. The maximum absolute atomic E-state index is 12.5. The summed E-state index contributed by atoms with van der Waals surface area (Å²) in [5.41, 5.74) is 3.19. The number of hydrogen-bond acceptors (Lipinski definition) is 3. The first-order valence-electron chi connectivity index (χ1n) is 8.75. The van der Waals surface area contributed by atoms with Gasteiger partial charge >= 0.3 is 0 Å². The SMILES string of the molecule is Cc1cc(C(=O)NCC(c2ccc(Cl)cc2Cl)c2c[nH]c3ccccc23)no1. The number of halogens is 2. The minimum absolute atomic E-state index is 0.169. The average molecular weight is 414 g/mol. The minimum Gasteiger partial charge on any atom is -0.361 e. The van der Waals surface area contributed by atoms with E-state index in [9.17, 15) is 4.79 Å². The van der Waals surface area contributed by atoms with Crippen LogP contribution in [0.25, 0.3) is 10.9 Å². The molecule has 0 spiro atoms. The van der Waals surface area contributed by atoms with E-state index in [1.54, 1.807) is 25.1 Å². The van der Waals surface area contributed by atoms with Crippen LogP contribution in [0.1, 0.15) is 33.3 Å². The number of nitrogens with zero attached hydrogens (tertiary/aromatic N) is 1. The first-order chi connectivity index (χ1) is 13.5. The lowest BCUT2D eigenvalue weighted by atomic mass is 9.90. The first kappa shape index (κ1) is 18.6. The fourth-order valence-corrected chi connectivity index (χ4v) is 3.85. The number of carbonyl (C=O) groups excluding carboxylic acids is 1. The maximum Gasteiger partial charge on any atom is 0.273 e. The van der Waals surface area contributed by atoms with Crippen LogP contribution < -0.4 is 5.32 Å². The van der Waals surface area contributed by atoms with Crippen molar-refractivity contribution in [1.82, 2.24) is 15.5 Å². The highest BCUT2D eigenvalue weighted by molar-refractivity contribution is 6.35. The largest absolute Gasteiger partial charge is 0.361 e. The van der Waals surface area contributed by atoms with Crippen LogP contribution >= 0.6 is 23.2 Å². The summed E-state index contributed by atoms with van der Waals surface area (Å²) < 4.78 is 4.99. The van der Waals surface area contributed by atoms with E-state index in [1.807, 2.05) is 36.5 Å². The van der Waals surface area contributed by atoms with Gasteiger partial charge in [0.25, 0.3) is 5.91 Å². The number of H-pyrrole nitrogens is 1. The molecule has 4 aromatic rings. The van der Waals surface area contributed by atoms with Crippen LogP contribution in [0.4, 0.5) is 0 Å². The van der Waals surface area contributed by atoms with Gasteiger partial charge in [0.1, 0.15) is 5.76 Å². The quantitative estimate of drug-likeness (QED) is 0.464. The van der Waals surface area contributed by atoms with Gasteiger partial charge in [0, 0.05) is 45.7 Å². The number of para-hydroxylation sites is 1. The molecule has 2 aromatic heterocycles. The van der Waals surface area contributed by atoms with Crippen molar-refractivity contribution < 1.29 is 9.32 Å². The lowest BCUT2D eigenvalue weighted by Gasteiger charge is -2.19. The van der Waals surface area contributed by atoms with Gasteiger partial charge in [-0.3, -0.25) is 4.79 Å². The highest BCUT2D eigenvalue weighted by Crippen LogP contribution is 2.35. The monoisotopic (exact) mass is 413 g/mol. The van der Waals surface area contributed by atoms with Crippen molar-refractivity contribution in [3.63, 3.8) is 0 Å². The Morgan fingerprint density at radius 3 is 2.75 bits per heavy atom. The lowest BCUT2D eigenvalue weighted by Crippen LogP contribution is -2.29. The molecule has 0 aliphatic carbocycles. The molecule has 2 heterocycles. The van der Waals surface area contributed by atoms with Gasteiger partial charge < -0.3 is 14.8 Å². The molecule has 5 nitrogen and oxygen atoms in total. The van der Waals surface area contributed by atoms with Crippen molar-refractivity contribution in [1.29, 1.82) is 0 Å². The summed E-state index contributed by atoms with van der Waals surface area (Å²) in [7, 11) is 0. The van der Waals surface area contributed by atoms with E-state index in [4.69, 9.17) is 27.7 Å². The third kappa shape index (κ3) is 3.63. The zero-order valence-corrected chi connectivity index (χ0v) is 16.5. The number of aryl methyl sites for hydroxylation is 1. The molecule has 7 heteroatoms. The maximum atomic E-state index is 12.5. The highest BCUT2D eigenvalue weighted by Gasteiger charge is 2.22. The smallest absolute Gasteiger partial charge is 0.273 e. The van der Waals surface area contributed by atoms with Crippen molar-refractivity contribution >= 4 is 40.0 Å². The van der Waals surface area contributed by atoms with Gasteiger partial charge in [-0.25, -0.2) is 0 Å². The Labute approximate surface area is 171 Å². The van der Waals surface area contributed by atoms with E-state index in [-0.39, 0.29) is 17.5 Å². The second kappa shape index (κ2) is 7.70. The molecule has 0 saturated carbocycles. The Kier molecular flexibility index (Phi) is 5.11. The number of hydrogen-bond donors (Lipinski definition) is 2. The topological polar surface area (TPSA) is 70.9 Å². The molecule has 1 amide bonds. The molecule has 28 heavy (non-hydrogen) atoms. The van der Waals surface area contributed by atoms with Gasteiger partial charge in [0.2, 0.25) is 0 Å². The van der Waals surface area contributed by atoms with E-state index in [0.29, 0.717) is 22.4 Å². The van der Waals surface area contributed by atoms with Crippen LogP contribution in [-0.4, -0.2) is 22.6 Å². The van der Waals surface area contributed by atoms with Gasteiger partial charge in [-0.2, -0.15) is 0 Å². The molecular weight excluding hydrogens is 397 g/mol. The van der Waals surface area contributed by atoms with Crippen molar-refractivity contribution in [3.8, 4) is 0 Å². The average Bonchev–Trinajstić information content (AvgIpc) is 3.30. The second-order valence-corrected chi connectivity index (χ2v) is 7.38. The number of amides is 1. The summed E-state index contributed by atoms with van der Waals surface area (Å²) in [6.45, 7) is 2.08. The normalized spacial score (nSPS) is 12.2. The van der Waals surface area contributed by atoms with Gasteiger partial charge in [-0.1, -0.05) is 52.6 Å². The summed E-state index contributed by atoms with van der Waals surface area (Å²) >= 11 is 12.6. The van der Waals surface area contributed by atoms with Crippen LogP contribution in [0.5, 0.6) is 0 Å². The number of aromatic amines is 1. The molecular formula is C21H17Cl2N3O2. The van der Waals surface area contributed by atoms with E-state index < -0.39 is 0 Å². The predicted octanol–water partition coefficient (Wildman–Crippen LogP) is 5.33. The minimum atomic E-state index is -0.299. The summed E-state index contributed by atoms with van der Waals surface area (Å²) in [4.78, 5) is 15.8. The van der Waals surface area contributed by atoms with Crippen molar-refractivity contribution in [2.24, 2.45) is 0 Å². The van der Waals surface area contributed by atoms with Crippen LogP contribution in [-0.2, 0) is 0 Å². The number of fused-ring (bicyclic) bond motifs is 1. The van der Waals surface area contributed by atoms with Crippen LogP contribution in [0.2, 0.25) is 10.0 Å². The first-order valence-corrected chi connectivity index (χ1v) is 9.51. The Morgan fingerprint density at radius 2 is 2.00 bits per heavy atom. The van der Waals surface area contributed by atoms with Gasteiger partial charge in [-0.05, 0) is 36.2 Å². The zero-order valence-electron chi connectivity index (χ0n) is 15.0. The van der Waals surface area contributed by atoms with Gasteiger partial charge in [0.15, 0.2) is 5.69 Å². The van der Waals surface area contributed by atoms with E-state index in [0.717, 1.165) is 22.0 Å². The van der Waals surface area contributed by atoms with E-state index in [2.05, 4.69) is 15.5 Å². The number of nitrogens with one attached hydrogen (secondary N) is 2. The van der Waals surface area contributed by atoms with Crippen LogP contribution in [0.15, 0.2) is 59.3 Å². The fourth-order valence-electron chi connectivity index (χ4n) is 3.31. The van der Waals surface area contributed by atoms with Crippen molar-refractivity contribution in [2.75, 3.05) is 6.54 Å². The molecule has 0 bridgehead atoms. The van der Waals surface area contributed by atoms with E-state index in [1.165, 1.54) is 0 Å². The third-order valence-corrected chi connectivity index (χ3v) is 5.22. The third-order valence-electron chi connectivity index (χ3n) is 4.66. The summed E-state index contributed by atoms with van der Waals surface area (Å²) in [6.07, 6.45) is 1.95. The molecule has 1 atom stereocenters. The fraction of sp³-hybridized carbons (Fsp3) is 0.143. The van der Waals surface area contributed by atoms with Crippen LogP contribution in [0, 0.1) is 6.92 Å². The van der Waals surface area contributed by atoms with Gasteiger partial charge in [-0.15, -0.1) is 0 Å². The summed E-state index contributed by atoms with van der Waals surface area (Å²) in [5, 5.41) is 8.90. The molecule has 2 aromatic carbocycles. The standard InChI is InChI=1S/C21H17Cl2N3O2/c1-12-8-20(26-28-12)21(27)25-11-16(14-7-6-13(22)9-18(14)23)17-10-24-19-5-3-2-4-15(17)19/h2-10,16,24H,11H2,1H3,(H,25,27). The number of benzene rings is 2. The summed E-state index contributed by atoms with van der Waals surface area (Å²) in [6, 6.07) is 15.0. The molecule has 0 radical (unpaired) electrons. The molecule has 142 valence electrons. The van der Waals surface area contributed by atoms with Crippen molar-refractivity contribution in [2.45, 2.75) is 12.8 Å². The van der Waals surface area contributed by atoms with Crippen LogP contribution in [0.3, 0.4) is 0 Å². The predicted molar refractivity (Wildman–Crippen MR) is 110 cm³/mol. The number of aromatic nitrogens is 2. The lowest BCUT2D eigenvalue weighted by molar-refractivity contribution is 0.0943.